The second-order valence-corrected chi connectivity index (χ2v) is 5.39. The van der Waals surface area contributed by atoms with Gasteiger partial charge in [0.15, 0.2) is 6.29 Å². The van der Waals surface area contributed by atoms with E-state index in [1.165, 1.54) is 0 Å². The highest BCUT2D eigenvalue weighted by Gasteiger charge is 2.09. The minimum atomic E-state index is -0.153. The molecule has 0 aromatic heterocycles. The summed E-state index contributed by atoms with van der Waals surface area (Å²) in [6.45, 7) is 4.97. The number of methoxy groups -OCH3 is 1. The van der Waals surface area contributed by atoms with E-state index in [0.29, 0.717) is 5.73 Å². The fourth-order valence-corrected chi connectivity index (χ4v) is 2.21. The van der Waals surface area contributed by atoms with Crippen LogP contribution in [0.25, 0.3) is 0 Å². The number of hydrogen-bond donors (Lipinski definition) is 1. The van der Waals surface area contributed by atoms with E-state index in [-0.39, 0.29) is 15.8 Å². The van der Waals surface area contributed by atoms with Crippen LogP contribution >= 0.6 is 0 Å². The summed E-state index contributed by atoms with van der Waals surface area (Å²) in [7, 11) is 1.53. The molecule has 0 aliphatic carbocycles. The molecule has 2 atom stereocenters. The Balaban J connectivity index is 3.44. The minimum absolute atomic E-state index is 0.0229. The van der Waals surface area contributed by atoms with Crippen LogP contribution in [0.5, 0.6) is 0 Å². The summed E-state index contributed by atoms with van der Waals surface area (Å²) in [5, 5.41) is 0. The Morgan fingerprint density at radius 1 is 1.50 bits per heavy atom. The van der Waals surface area contributed by atoms with Crippen LogP contribution in [0, 0.1) is 0 Å². The van der Waals surface area contributed by atoms with E-state index < -0.39 is 0 Å². The van der Waals surface area contributed by atoms with Gasteiger partial charge in [0, 0.05) is 12.8 Å². The molecule has 12 heavy (non-hydrogen) atoms. The van der Waals surface area contributed by atoms with Crippen molar-refractivity contribution in [3.8, 4) is 0 Å². The molecule has 2 N–H and O–H groups in total. The third-order valence-electron chi connectivity index (χ3n) is 1.80. The van der Waals surface area contributed by atoms with Crippen molar-refractivity contribution in [3.63, 3.8) is 0 Å². The summed E-state index contributed by atoms with van der Waals surface area (Å²) >= 11 is 0. The van der Waals surface area contributed by atoms with Gasteiger partial charge in [-0.3, -0.25) is 0 Å². The van der Waals surface area contributed by atoms with Crippen LogP contribution < -0.4 is 5.73 Å². The molecule has 4 heteroatoms. The molecule has 0 amide bonds. The Kier molecular flexibility index (Phi) is 7.79. The molecule has 0 heterocycles. The molecule has 3 nitrogen and oxygen atoms in total. The Bertz CT molecular complexity index is 99.1. The van der Waals surface area contributed by atoms with Crippen molar-refractivity contribution in [1.29, 1.82) is 0 Å². The molecule has 0 saturated heterocycles. The average Bonchev–Trinajstić information content (AvgIpc) is 2.10. The van der Waals surface area contributed by atoms with Crippen LogP contribution in [0.2, 0.25) is 6.04 Å². The first-order chi connectivity index (χ1) is 5.74. The minimum Gasteiger partial charge on any atom is -0.356 e. The highest BCUT2D eigenvalue weighted by atomic mass is 28.2. The van der Waals surface area contributed by atoms with Crippen LogP contribution in [0.4, 0.5) is 0 Å². The van der Waals surface area contributed by atoms with E-state index in [9.17, 15) is 0 Å². The monoisotopic (exact) mass is 191 g/mol. The Morgan fingerprint density at radius 2 is 2.17 bits per heavy atom. The topological polar surface area (TPSA) is 44.5 Å². The molecule has 0 bridgehead atoms. The molecule has 0 spiro atoms. The van der Waals surface area contributed by atoms with Gasteiger partial charge in [0.2, 0.25) is 0 Å². The van der Waals surface area contributed by atoms with Gasteiger partial charge in [-0.05, 0) is 25.9 Å². The van der Waals surface area contributed by atoms with Crippen LogP contribution in [0.3, 0.4) is 0 Å². The van der Waals surface area contributed by atoms with Crippen molar-refractivity contribution in [2.75, 3.05) is 13.7 Å². The highest BCUT2D eigenvalue weighted by Crippen LogP contribution is 2.02. The lowest BCUT2D eigenvalue weighted by Gasteiger charge is -2.19. The smallest absolute Gasteiger partial charge is 0.156 e. The third-order valence-corrected chi connectivity index (χ3v) is 3.62. The number of ether oxygens (including phenoxy) is 2. The summed E-state index contributed by atoms with van der Waals surface area (Å²) in [4.78, 5) is 0. The summed E-state index contributed by atoms with van der Waals surface area (Å²) in [5.74, 6) is 0. The van der Waals surface area contributed by atoms with Crippen molar-refractivity contribution in [3.05, 3.63) is 0 Å². The molecular formula is C8H21NO2Si. The van der Waals surface area contributed by atoms with Crippen molar-refractivity contribution >= 4 is 9.52 Å². The SMILES string of the molecule is CCC(OC)OC(C)[SiH2]CCN. The van der Waals surface area contributed by atoms with E-state index in [4.69, 9.17) is 15.2 Å². The second-order valence-electron chi connectivity index (χ2n) is 2.95. The highest BCUT2D eigenvalue weighted by molar-refractivity contribution is 6.37. The predicted molar refractivity (Wildman–Crippen MR) is 54.0 cm³/mol. The zero-order valence-electron chi connectivity index (χ0n) is 8.38. The number of rotatable bonds is 7. The molecule has 0 fully saturated rings. The van der Waals surface area contributed by atoms with Gasteiger partial charge in [-0.2, -0.15) is 0 Å². The lowest BCUT2D eigenvalue weighted by molar-refractivity contribution is -0.133. The summed E-state index contributed by atoms with van der Waals surface area (Å²) in [5.41, 5.74) is 5.81. The lowest BCUT2D eigenvalue weighted by Crippen LogP contribution is -2.26. The van der Waals surface area contributed by atoms with E-state index in [1.54, 1.807) is 7.11 Å². The van der Waals surface area contributed by atoms with Gasteiger partial charge < -0.3 is 15.2 Å². The van der Waals surface area contributed by atoms with Crippen LogP contribution in [-0.4, -0.2) is 35.2 Å². The van der Waals surface area contributed by atoms with Gasteiger partial charge in [-0.15, -0.1) is 0 Å². The zero-order valence-corrected chi connectivity index (χ0v) is 9.79. The fraction of sp³-hybridized carbons (Fsp3) is 1.00. The fourth-order valence-electron chi connectivity index (χ4n) is 1.05. The molecule has 74 valence electrons. The first kappa shape index (κ1) is 12.1. The van der Waals surface area contributed by atoms with Crippen molar-refractivity contribution in [2.45, 2.75) is 38.3 Å². The van der Waals surface area contributed by atoms with Crippen molar-refractivity contribution in [2.24, 2.45) is 5.73 Å². The largest absolute Gasteiger partial charge is 0.356 e. The summed E-state index contributed by atoms with van der Waals surface area (Å²) in [6, 6.07) is 1.15. The van der Waals surface area contributed by atoms with Gasteiger partial charge in [-0.25, -0.2) is 0 Å². The summed E-state index contributed by atoms with van der Waals surface area (Å²) < 4.78 is 10.8. The average molecular weight is 191 g/mol. The maximum atomic E-state index is 5.63. The molecule has 0 aromatic rings. The standard InChI is InChI=1S/C8H21NO2Si/c1-4-8(10-3)11-7(2)12-6-5-9/h7-8H,4-6,9,12H2,1-3H3. The summed E-state index contributed by atoms with van der Waals surface area (Å²) in [6.07, 6.45) is 0.892. The Morgan fingerprint density at radius 3 is 2.58 bits per heavy atom. The van der Waals surface area contributed by atoms with Crippen molar-refractivity contribution < 1.29 is 9.47 Å². The molecule has 0 radical (unpaired) electrons. The normalized spacial score (nSPS) is 17.0. The molecule has 0 saturated carbocycles. The number of nitrogens with two attached hydrogens (primary N) is 1. The van der Waals surface area contributed by atoms with E-state index >= 15 is 0 Å². The van der Waals surface area contributed by atoms with E-state index in [0.717, 1.165) is 19.0 Å². The Labute approximate surface area is 77.4 Å². The third kappa shape index (κ3) is 5.71. The maximum absolute atomic E-state index is 5.63. The van der Waals surface area contributed by atoms with Gasteiger partial charge in [0.25, 0.3) is 0 Å². The zero-order chi connectivity index (χ0) is 9.40. The molecule has 0 aromatic carbocycles. The van der Waals surface area contributed by atoms with Crippen LogP contribution in [0.15, 0.2) is 0 Å². The van der Waals surface area contributed by atoms with Crippen molar-refractivity contribution in [1.82, 2.24) is 0 Å². The van der Waals surface area contributed by atoms with Gasteiger partial charge in [-0.1, -0.05) is 6.92 Å². The van der Waals surface area contributed by atoms with Crippen LogP contribution in [-0.2, 0) is 9.47 Å². The lowest BCUT2D eigenvalue weighted by atomic mass is 10.5. The van der Waals surface area contributed by atoms with Gasteiger partial charge in [0.05, 0.1) is 9.52 Å². The van der Waals surface area contributed by atoms with Gasteiger partial charge >= 0.3 is 0 Å². The molecular weight excluding hydrogens is 170 g/mol. The van der Waals surface area contributed by atoms with E-state index in [2.05, 4.69) is 13.8 Å². The Hall–Kier alpha value is 0.0969. The molecule has 0 aliphatic heterocycles. The second kappa shape index (κ2) is 7.73. The molecule has 0 aliphatic rings. The maximum Gasteiger partial charge on any atom is 0.156 e. The first-order valence-electron chi connectivity index (χ1n) is 4.62. The molecule has 0 rings (SSSR count). The molecule has 2 unspecified atom stereocenters. The number of hydrogen-bond acceptors (Lipinski definition) is 3. The van der Waals surface area contributed by atoms with E-state index in [1.807, 2.05) is 0 Å². The predicted octanol–water partition coefficient (Wildman–Crippen LogP) is 0.277. The van der Waals surface area contributed by atoms with Crippen LogP contribution in [0.1, 0.15) is 20.3 Å². The van der Waals surface area contributed by atoms with Gasteiger partial charge in [0.1, 0.15) is 0 Å². The first-order valence-corrected chi connectivity index (χ1v) is 6.44. The quantitative estimate of drug-likeness (QED) is 0.464.